The quantitative estimate of drug-likeness (QED) is 0.654. The van der Waals surface area contributed by atoms with Crippen LogP contribution in [-0.4, -0.2) is 53.8 Å². The lowest BCUT2D eigenvalue weighted by molar-refractivity contribution is -0.141. The van der Waals surface area contributed by atoms with Gasteiger partial charge in [-0.15, -0.1) is 5.10 Å². The van der Waals surface area contributed by atoms with E-state index in [1.807, 2.05) is 0 Å². The van der Waals surface area contributed by atoms with E-state index in [1.54, 1.807) is 13.0 Å². The third kappa shape index (κ3) is 2.57. The summed E-state index contributed by atoms with van der Waals surface area (Å²) in [6, 6.07) is 0.266. The lowest BCUT2D eigenvalue weighted by atomic mass is 10.2. The number of rotatable bonds is 4. The van der Waals surface area contributed by atoms with Crippen molar-refractivity contribution in [2.75, 3.05) is 0 Å². The van der Waals surface area contributed by atoms with Gasteiger partial charge in [0.2, 0.25) is 5.82 Å². The van der Waals surface area contributed by atoms with Crippen LogP contribution < -0.4 is 5.32 Å². The van der Waals surface area contributed by atoms with Gasteiger partial charge in [-0.3, -0.25) is 4.79 Å². The van der Waals surface area contributed by atoms with Gasteiger partial charge in [-0.05, 0) is 19.9 Å². The summed E-state index contributed by atoms with van der Waals surface area (Å²) in [5.41, 5.74) is 0.729. The van der Waals surface area contributed by atoms with E-state index < -0.39 is 24.0 Å². The first-order chi connectivity index (χ1) is 9.40. The van der Waals surface area contributed by atoms with Gasteiger partial charge in [-0.1, -0.05) is 0 Å². The highest BCUT2D eigenvalue weighted by Gasteiger charge is 2.27. The summed E-state index contributed by atoms with van der Waals surface area (Å²) in [4.78, 5) is 30.6. The number of carboxylic acid groups (broad SMARTS) is 1. The second kappa shape index (κ2) is 5.21. The standard InChI is InChI=1S/C11H13N5O4/c1-5-3-4-12-11-14-8(15-16(5)11)9(18)13-7(6(2)17)10(19)20/h3-4,6-7,17H,1-2H3,(H,13,18)(H,19,20). The number of hydrogen-bond donors (Lipinski definition) is 3. The van der Waals surface area contributed by atoms with Crippen molar-refractivity contribution in [1.82, 2.24) is 24.9 Å². The molecule has 2 aromatic heterocycles. The van der Waals surface area contributed by atoms with Crippen LogP contribution in [0.1, 0.15) is 23.2 Å². The fourth-order valence-corrected chi connectivity index (χ4v) is 1.60. The smallest absolute Gasteiger partial charge is 0.328 e. The third-order valence-electron chi connectivity index (χ3n) is 2.67. The number of nitrogens with zero attached hydrogens (tertiary/aromatic N) is 4. The molecule has 0 spiro atoms. The highest BCUT2D eigenvalue weighted by Crippen LogP contribution is 2.03. The van der Waals surface area contributed by atoms with Crippen LogP contribution in [0.5, 0.6) is 0 Å². The molecule has 0 aliphatic rings. The minimum absolute atomic E-state index is 0.210. The van der Waals surface area contributed by atoms with E-state index in [9.17, 15) is 14.7 Å². The van der Waals surface area contributed by atoms with Gasteiger partial charge in [-0.25, -0.2) is 14.3 Å². The molecule has 1 amide bonds. The molecule has 0 aromatic carbocycles. The number of carbonyl (C=O) groups excluding carboxylic acids is 1. The first kappa shape index (κ1) is 13.9. The molecule has 2 rings (SSSR count). The summed E-state index contributed by atoms with van der Waals surface area (Å²) in [5, 5.41) is 24.3. The van der Waals surface area contributed by atoms with Crippen LogP contribution in [0.4, 0.5) is 0 Å². The Labute approximate surface area is 113 Å². The van der Waals surface area contributed by atoms with Crippen LogP contribution in [0.15, 0.2) is 12.3 Å². The molecular weight excluding hydrogens is 266 g/mol. The molecule has 0 fully saturated rings. The van der Waals surface area contributed by atoms with E-state index >= 15 is 0 Å². The molecule has 9 heteroatoms. The van der Waals surface area contributed by atoms with Gasteiger partial charge in [0.25, 0.3) is 11.7 Å². The van der Waals surface area contributed by atoms with Crippen LogP contribution in [-0.2, 0) is 4.79 Å². The average Bonchev–Trinajstić information content (AvgIpc) is 2.80. The number of carbonyl (C=O) groups is 2. The van der Waals surface area contributed by atoms with Crippen LogP contribution in [0, 0.1) is 6.92 Å². The predicted molar refractivity (Wildman–Crippen MR) is 66.1 cm³/mol. The number of nitrogens with one attached hydrogen (secondary N) is 1. The van der Waals surface area contributed by atoms with Crippen molar-refractivity contribution in [3.05, 3.63) is 23.8 Å². The number of hydrogen-bond acceptors (Lipinski definition) is 6. The van der Waals surface area contributed by atoms with Crippen molar-refractivity contribution in [2.24, 2.45) is 0 Å². The minimum atomic E-state index is -1.43. The molecule has 3 N–H and O–H groups in total. The van der Waals surface area contributed by atoms with Crippen molar-refractivity contribution in [3.8, 4) is 0 Å². The second-order valence-corrected chi connectivity index (χ2v) is 4.26. The van der Waals surface area contributed by atoms with E-state index in [2.05, 4.69) is 20.4 Å². The lowest BCUT2D eigenvalue weighted by Gasteiger charge is -2.15. The fourth-order valence-electron chi connectivity index (χ4n) is 1.60. The van der Waals surface area contributed by atoms with E-state index in [1.165, 1.54) is 17.6 Å². The normalized spacial score (nSPS) is 13.9. The van der Waals surface area contributed by atoms with Gasteiger partial charge in [-0.2, -0.15) is 4.98 Å². The molecule has 0 aliphatic carbocycles. The molecule has 2 unspecified atom stereocenters. The molecule has 20 heavy (non-hydrogen) atoms. The number of fused-ring (bicyclic) bond motifs is 1. The van der Waals surface area contributed by atoms with Gasteiger partial charge in [0.15, 0.2) is 6.04 Å². The van der Waals surface area contributed by atoms with Crippen LogP contribution >= 0.6 is 0 Å². The Morgan fingerprint density at radius 1 is 1.45 bits per heavy atom. The first-order valence-electron chi connectivity index (χ1n) is 5.80. The van der Waals surface area contributed by atoms with Crippen LogP contribution in [0.2, 0.25) is 0 Å². The van der Waals surface area contributed by atoms with Gasteiger partial charge in [0.1, 0.15) is 0 Å². The monoisotopic (exact) mass is 279 g/mol. The topological polar surface area (TPSA) is 130 Å². The molecule has 0 radical (unpaired) electrons. The zero-order chi connectivity index (χ0) is 14.9. The summed E-state index contributed by atoms with van der Waals surface area (Å²) < 4.78 is 1.37. The Kier molecular flexibility index (Phi) is 3.61. The number of aliphatic hydroxyl groups is 1. The average molecular weight is 279 g/mol. The molecule has 2 aromatic rings. The highest BCUT2D eigenvalue weighted by molar-refractivity contribution is 5.93. The van der Waals surface area contributed by atoms with Crippen molar-refractivity contribution in [2.45, 2.75) is 26.0 Å². The Bertz CT molecular complexity index is 666. The largest absolute Gasteiger partial charge is 0.480 e. The summed E-state index contributed by atoms with van der Waals surface area (Å²) >= 11 is 0. The number of aliphatic carboxylic acids is 1. The van der Waals surface area contributed by atoms with E-state index in [-0.39, 0.29) is 11.6 Å². The van der Waals surface area contributed by atoms with Gasteiger partial charge < -0.3 is 15.5 Å². The number of aromatic nitrogens is 4. The van der Waals surface area contributed by atoms with E-state index in [0.717, 1.165) is 5.69 Å². The minimum Gasteiger partial charge on any atom is -0.480 e. The SMILES string of the molecule is Cc1ccnc2nc(C(=O)NC(C(=O)O)C(C)O)nn12. The molecule has 106 valence electrons. The third-order valence-corrected chi connectivity index (χ3v) is 2.67. The summed E-state index contributed by atoms with van der Waals surface area (Å²) in [7, 11) is 0. The molecule has 0 bridgehead atoms. The maximum Gasteiger partial charge on any atom is 0.328 e. The van der Waals surface area contributed by atoms with Crippen LogP contribution in [0.25, 0.3) is 5.78 Å². The van der Waals surface area contributed by atoms with Crippen molar-refractivity contribution in [1.29, 1.82) is 0 Å². The van der Waals surface area contributed by atoms with Gasteiger partial charge in [0, 0.05) is 11.9 Å². The van der Waals surface area contributed by atoms with Gasteiger partial charge in [0.05, 0.1) is 6.10 Å². The highest BCUT2D eigenvalue weighted by atomic mass is 16.4. The second-order valence-electron chi connectivity index (χ2n) is 4.26. The first-order valence-corrected chi connectivity index (χ1v) is 5.80. The van der Waals surface area contributed by atoms with E-state index in [0.29, 0.717) is 0 Å². The summed E-state index contributed by atoms with van der Waals surface area (Å²) in [5.74, 6) is -2.10. The fraction of sp³-hybridized carbons (Fsp3) is 0.364. The summed E-state index contributed by atoms with van der Waals surface area (Å²) in [6.45, 7) is 3.03. The van der Waals surface area contributed by atoms with Crippen LogP contribution in [0.3, 0.4) is 0 Å². The molecular formula is C11H13N5O4. The Morgan fingerprint density at radius 3 is 2.70 bits per heavy atom. The van der Waals surface area contributed by atoms with Crippen molar-refractivity contribution >= 4 is 17.7 Å². The maximum atomic E-state index is 11.9. The molecule has 9 nitrogen and oxygen atoms in total. The zero-order valence-corrected chi connectivity index (χ0v) is 10.8. The predicted octanol–water partition coefficient (Wildman–Crippen LogP) is -1.00. The number of amides is 1. The van der Waals surface area contributed by atoms with E-state index in [4.69, 9.17) is 5.11 Å². The lowest BCUT2D eigenvalue weighted by Crippen LogP contribution is -2.47. The number of aliphatic hydroxyl groups excluding tert-OH is 1. The Balaban J connectivity index is 2.27. The zero-order valence-electron chi connectivity index (χ0n) is 10.8. The molecule has 0 aliphatic heterocycles. The maximum absolute atomic E-state index is 11.9. The molecule has 2 atom stereocenters. The number of aryl methyl sites for hydroxylation is 1. The Morgan fingerprint density at radius 2 is 2.15 bits per heavy atom. The Hall–Kier alpha value is -2.55. The molecule has 2 heterocycles. The van der Waals surface area contributed by atoms with Gasteiger partial charge >= 0.3 is 5.97 Å². The molecule has 0 saturated heterocycles. The van der Waals surface area contributed by atoms with Crippen molar-refractivity contribution < 1.29 is 19.8 Å². The molecule has 0 saturated carbocycles. The summed E-state index contributed by atoms with van der Waals surface area (Å²) in [6.07, 6.45) is 0.282. The number of carboxylic acids is 1. The van der Waals surface area contributed by atoms with Crippen molar-refractivity contribution in [3.63, 3.8) is 0 Å².